The number of carboxylic acid groups (broad SMARTS) is 2. The van der Waals surface area contributed by atoms with Crippen LogP contribution < -0.4 is 9.47 Å². The highest BCUT2D eigenvalue weighted by molar-refractivity contribution is 7.99. The van der Waals surface area contributed by atoms with Crippen LogP contribution in [0.1, 0.15) is 45.6 Å². The molecule has 0 aliphatic carbocycles. The van der Waals surface area contributed by atoms with Gasteiger partial charge in [-0.1, -0.05) is 65.5 Å². The SMILES string of the molecule is CCC(Oc1ccc(SCc2sc(-c3ccc(Cl)c(Cl)c3)nc2C)cc1C)C(=O)O.Cc1cc(SCc2sc(-c3ccc(Cl)c(Cl)c3)nc2C)ccc1OCC(=O)O. The second-order valence-electron chi connectivity index (χ2n) is 12.8. The Hall–Kier alpha value is -3.46. The molecule has 58 heavy (non-hydrogen) atoms. The summed E-state index contributed by atoms with van der Waals surface area (Å²) in [5.41, 5.74) is 5.72. The predicted octanol–water partition coefficient (Wildman–Crippen LogP) is 13.8. The van der Waals surface area contributed by atoms with E-state index in [0.717, 1.165) is 65.0 Å². The van der Waals surface area contributed by atoms with Crippen molar-refractivity contribution >= 4 is 105 Å². The van der Waals surface area contributed by atoms with Gasteiger partial charge in [0.2, 0.25) is 0 Å². The molecule has 2 heterocycles. The summed E-state index contributed by atoms with van der Waals surface area (Å²) in [6, 6.07) is 22.6. The third-order valence-corrected chi connectivity index (χ3v) is 14.7. The monoisotopic (exact) mass is 934 g/mol. The minimum atomic E-state index is -0.990. The Morgan fingerprint density at radius 1 is 0.672 bits per heavy atom. The van der Waals surface area contributed by atoms with Crippen molar-refractivity contribution in [2.45, 2.75) is 68.4 Å². The van der Waals surface area contributed by atoms with E-state index in [9.17, 15) is 14.7 Å². The number of carbonyl (C=O) groups is 2. The first-order valence-corrected chi connectivity index (χ1v) is 22.8. The van der Waals surface area contributed by atoms with Crippen LogP contribution in [-0.2, 0) is 21.1 Å². The van der Waals surface area contributed by atoms with Gasteiger partial charge in [0, 0.05) is 42.2 Å². The van der Waals surface area contributed by atoms with Gasteiger partial charge in [-0.2, -0.15) is 0 Å². The Morgan fingerprint density at radius 2 is 1.14 bits per heavy atom. The van der Waals surface area contributed by atoms with Crippen molar-refractivity contribution in [3.63, 3.8) is 0 Å². The number of thiazole rings is 2. The summed E-state index contributed by atoms with van der Waals surface area (Å²) in [4.78, 5) is 35.7. The molecule has 0 spiro atoms. The zero-order valence-electron chi connectivity index (χ0n) is 31.9. The van der Waals surface area contributed by atoms with Crippen LogP contribution in [0.5, 0.6) is 11.5 Å². The predicted molar refractivity (Wildman–Crippen MR) is 242 cm³/mol. The van der Waals surface area contributed by atoms with Gasteiger partial charge in [-0.25, -0.2) is 19.6 Å². The molecule has 0 fully saturated rings. The molecule has 6 aromatic rings. The highest BCUT2D eigenvalue weighted by atomic mass is 35.5. The van der Waals surface area contributed by atoms with E-state index in [-0.39, 0.29) is 6.61 Å². The number of halogens is 4. The van der Waals surface area contributed by atoms with Crippen molar-refractivity contribution in [2.24, 2.45) is 0 Å². The largest absolute Gasteiger partial charge is 0.482 e. The molecule has 1 unspecified atom stereocenters. The molecule has 0 saturated carbocycles. The highest BCUT2D eigenvalue weighted by Crippen LogP contribution is 2.38. The summed E-state index contributed by atoms with van der Waals surface area (Å²) in [5, 5.41) is 21.8. The molecule has 0 saturated heterocycles. The third kappa shape index (κ3) is 12.5. The molecule has 0 radical (unpaired) electrons. The van der Waals surface area contributed by atoms with Crippen molar-refractivity contribution in [3.05, 3.63) is 125 Å². The van der Waals surface area contributed by atoms with Crippen LogP contribution >= 0.6 is 92.6 Å². The number of ether oxygens (including phenoxy) is 2. The quantitative estimate of drug-likeness (QED) is 0.0963. The molecule has 1 atom stereocenters. The van der Waals surface area contributed by atoms with Crippen molar-refractivity contribution in [3.8, 4) is 32.6 Å². The first kappa shape index (κ1) is 45.6. The number of aromatic nitrogens is 2. The van der Waals surface area contributed by atoms with Gasteiger partial charge in [-0.3, -0.25) is 0 Å². The van der Waals surface area contributed by atoms with Crippen molar-refractivity contribution in [1.29, 1.82) is 0 Å². The molecule has 6 rings (SSSR count). The van der Waals surface area contributed by atoms with Gasteiger partial charge in [0.25, 0.3) is 0 Å². The van der Waals surface area contributed by atoms with Crippen LogP contribution in [0, 0.1) is 27.7 Å². The molecule has 304 valence electrons. The minimum Gasteiger partial charge on any atom is -0.482 e. The summed E-state index contributed by atoms with van der Waals surface area (Å²) in [7, 11) is 0. The summed E-state index contributed by atoms with van der Waals surface area (Å²) >= 11 is 30.9. The van der Waals surface area contributed by atoms with Crippen LogP contribution in [0.3, 0.4) is 0 Å². The number of aryl methyl sites for hydroxylation is 4. The Bertz CT molecular complexity index is 2420. The molecular weight excluding hydrogens is 899 g/mol. The van der Waals surface area contributed by atoms with Crippen LogP contribution in [0.25, 0.3) is 21.1 Å². The summed E-state index contributed by atoms with van der Waals surface area (Å²) in [5.74, 6) is 0.828. The van der Waals surface area contributed by atoms with Gasteiger partial charge in [0.15, 0.2) is 12.7 Å². The lowest BCUT2D eigenvalue weighted by molar-refractivity contribution is -0.145. The maximum atomic E-state index is 11.2. The van der Waals surface area contributed by atoms with Crippen molar-refractivity contribution < 1.29 is 29.3 Å². The lowest BCUT2D eigenvalue weighted by atomic mass is 10.2. The van der Waals surface area contributed by atoms with Crippen LogP contribution in [0.15, 0.2) is 82.6 Å². The lowest BCUT2D eigenvalue weighted by Gasteiger charge is -2.15. The minimum absolute atomic E-state index is 0.342. The molecule has 0 aliphatic rings. The van der Waals surface area contributed by atoms with Crippen LogP contribution in [0.2, 0.25) is 20.1 Å². The van der Waals surface area contributed by atoms with E-state index in [1.165, 1.54) is 9.75 Å². The summed E-state index contributed by atoms with van der Waals surface area (Å²) < 4.78 is 10.9. The molecule has 0 aliphatic heterocycles. The zero-order chi connectivity index (χ0) is 42.1. The van der Waals surface area contributed by atoms with E-state index < -0.39 is 18.0 Å². The average Bonchev–Trinajstić information content (AvgIpc) is 3.75. The normalized spacial score (nSPS) is 11.5. The Labute approximate surface area is 373 Å². The molecule has 0 amide bonds. The third-order valence-electron chi connectivity index (χ3n) is 8.42. The van der Waals surface area contributed by atoms with E-state index >= 15 is 0 Å². The van der Waals surface area contributed by atoms with Gasteiger partial charge in [-0.15, -0.1) is 46.2 Å². The molecule has 0 bridgehead atoms. The standard InChI is InChI=1S/C22H21Cl2NO3S2.C20H17Cl2NO3S2/c1-4-18(22(26)27)28-19-8-6-15(9-12(19)2)29-11-20-13(3)25-21(30-20)14-5-7-16(23)17(24)10-14;1-11-7-14(4-6-17(11)26-9-19(24)25)27-10-18-12(2)23-20(28-18)13-3-5-15(21)16(22)8-13/h5-10,18H,4,11H2,1-3H3,(H,26,27);3-8H,9-10H2,1-2H3,(H,24,25). The number of nitrogens with zero attached hydrogens (tertiary/aromatic N) is 2. The Balaban J connectivity index is 0.000000221. The highest BCUT2D eigenvalue weighted by Gasteiger charge is 2.18. The maximum absolute atomic E-state index is 11.2. The van der Waals surface area contributed by atoms with Gasteiger partial charge >= 0.3 is 11.9 Å². The van der Waals surface area contributed by atoms with Gasteiger partial charge in [0.05, 0.1) is 31.5 Å². The maximum Gasteiger partial charge on any atom is 0.344 e. The summed E-state index contributed by atoms with van der Waals surface area (Å²) in [6.07, 6.45) is -0.418. The fraction of sp³-hybridized carbons (Fsp3) is 0.238. The first-order chi connectivity index (χ1) is 27.6. The second kappa shape index (κ2) is 21.2. The van der Waals surface area contributed by atoms with Gasteiger partial charge in [-0.05, 0) is 106 Å². The summed E-state index contributed by atoms with van der Waals surface area (Å²) in [6.45, 7) is 9.29. The fourth-order valence-electron chi connectivity index (χ4n) is 5.25. The Morgan fingerprint density at radius 3 is 1.53 bits per heavy atom. The molecular formula is C42H38Cl4N2O6S4. The lowest BCUT2D eigenvalue weighted by Crippen LogP contribution is -2.26. The molecule has 8 nitrogen and oxygen atoms in total. The molecule has 2 aromatic heterocycles. The van der Waals surface area contributed by atoms with Crippen LogP contribution in [-0.4, -0.2) is 44.8 Å². The van der Waals surface area contributed by atoms with Gasteiger partial charge < -0.3 is 19.7 Å². The first-order valence-electron chi connectivity index (χ1n) is 17.7. The molecule has 2 N–H and O–H groups in total. The number of hydrogen-bond acceptors (Lipinski definition) is 10. The number of thioether (sulfide) groups is 2. The van der Waals surface area contributed by atoms with E-state index in [4.69, 9.17) is 61.0 Å². The van der Waals surface area contributed by atoms with Crippen molar-refractivity contribution in [2.75, 3.05) is 6.61 Å². The number of rotatable bonds is 15. The van der Waals surface area contributed by atoms with E-state index in [2.05, 4.69) is 9.97 Å². The smallest absolute Gasteiger partial charge is 0.344 e. The number of carboxylic acids is 2. The van der Waals surface area contributed by atoms with Crippen LogP contribution in [0.4, 0.5) is 0 Å². The molecule has 4 aromatic carbocycles. The number of aliphatic carboxylic acids is 2. The number of benzene rings is 4. The zero-order valence-corrected chi connectivity index (χ0v) is 38.2. The fourth-order valence-corrected chi connectivity index (χ4v) is 10.2. The molecule has 16 heteroatoms. The van der Waals surface area contributed by atoms with Gasteiger partial charge in [0.1, 0.15) is 21.5 Å². The topological polar surface area (TPSA) is 119 Å². The second-order valence-corrected chi connectivity index (χ2v) is 18.7. The van der Waals surface area contributed by atoms with E-state index in [1.807, 2.05) is 82.3 Å². The van der Waals surface area contributed by atoms with Crippen molar-refractivity contribution in [1.82, 2.24) is 9.97 Å². The average molecular weight is 937 g/mol. The number of hydrogen-bond donors (Lipinski definition) is 2. The van der Waals surface area contributed by atoms with E-state index in [0.29, 0.717) is 38.0 Å². The Kier molecular flexibility index (Phi) is 16.7. The van der Waals surface area contributed by atoms with E-state index in [1.54, 1.807) is 71.3 Å².